The molecule has 0 saturated carbocycles. The molecule has 1 atom stereocenters. The number of rotatable bonds is 7. The van der Waals surface area contributed by atoms with Gasteiger partial charge in [-0.2, -0.15) is 13.2 Å². The molecule has 3 heterocycles. The van der Waals surface area contributed by atoms with E-state index in [9.17, 15) is 27.2 Å². The summed E-state index contributed by atoms with van der Waals surface area (Å²) in [5, 5.41) is 2.80. The number of piperidine rings is 1. The number of nitrogens with two attached hydrogens (primary N) is 2. The van der Waals surface area contributed by atoms with Crippen LogP contribution in [-0.4, -0.2) is 78.4 Å². The number of nitrogens with one attached hydrogen (secondary N) is 1. The van der Waals surface area contributed by atoms with Gasteiger partial charge in [0.25, 0.3) is 11.8 Å². The number of primary amides is 2. The Morgan fingerprint density at radius 3 is 2.46 bits per heavy atom. The van der Waals surface area contributed by atoms with Crippen molar-refractivity contribution < 1.29 is 36.6 Å². The Bertz CT molecular complexity index is 1610. The van der Waals surface area contributed by atoms with Gasteiger partial charge in [0.05, 0.1) is 42.3 Å². The highest BCUT2D eigenvalue weighted by atomic mass is 19.4. The average molecular weight is 647 g/mol. The zero-order chi connectivity index (χ0) is 33.4. The van der Waals surface area contributed by atoms with Gasteiger partial charge >= 0.3 is 6.18 Å². The van der Waals surface area contributed by atoms with Crippen LogP contribution < -0.4 is 21.5 Å². The first-order valence-corrected chi connectivity index (χ1v) is 14.9. The predicted molar refractivity (Wildman–Crippen MR) is 165 cm³/mol. The van der Waals surface area contributed by atoms with Crippen LogP contribution in [0.3, 0.4) is 0 Å². The van der Waals surface area contributed by atoms with Crippen LogP contribution in [0, 0.1) is 23.6 Å². The molecule has 0 bridgehead atoms. The summed E-state index contributed by atoms with van der Waals surface area (Å²) in [5.41, 5.74) is 10.5. The lowest BCUT2D eigenvalue weighted by atomic mass is 9.96. The van der Waals surface area contributed by atoms with Gasteiger partial charge in [-0.15, -0.1) is 0 Å². The number of benzene rings is 2. The highest BCUT2D eigenvalue weighted by molar-refractivity contribution is 6.04. The molecule has 0 spiro atoms. The maximum absolute atomic E-state index is 14.0. The SMILES string of the molecule is CC1CCCN(C2CCOCC2)C1.COc1cc(C(N)=O)c(F)cc1NCC#Cc1cc(C(N)=O)c2ncn(CC(F)(F)F)c2c1. The van der Waals surface area contributed by atoms with Gasteiger partial charge in [-0.05, 0) is 56.3 Å². The molecule has 46 heavy (non-hydrogen) atoms. The molecule has 3 aromatic rings. The van der Waals surface area contributed by atoms with E-state index in [1.807, 2.05) is 0 Å². The molecule has 2 saturated heterocycles. The third-order valence-corrected chi connectivity index (χ3v) is 7.89. The zero-order valence-electron chi connectivity index (χ0n) is 25.8. The van der Waals surface area contributed by atoms with E-state index in [4.69, 9.17) is 20.9 Å². The fourth-order valence-corrected chi connectivity index (χ4v) is 5.69. The summed E-state index contributed by atoms with van der Waals surface area (Å²) < 4.78 is 63.9. The number of halogens is 4. The molecular formula is C32H38F4N6O4. The second-order valence-electron chi connectivity index (χ2n) is 11.4. The summed E-state index contributed by atoms with van der Waals surface area (Å²) in [7, 11) is 1.32. The van der Waals surface area contributed by atoms with Crippen molar-refractivity contribution in [3.8, 4) is 17.6 Å². The van der Waals surface area contributed by atoms with Crippen LogP contribution in [0.4, 0.5) is 23.2 Å². The van der Waals surface area contributed by atoms with Gasteiger partial charge in [0.15, 0.2) is 0 Å². The quantitative estimate of drug-likeness (QED) is 0.257. The molecule has 2 aromatic carbocycles. The van der Waals surface area contributed by atoms with E-state index >= 15 is 0 Å². The van der Waals surface area contributed by atoms with Crippen molar-refractivity contribution in [3.05, 3.63) is 53.1 Å². The van der Waals surface area contributed by atoms with Gasteiger partial charge in [0, 0.05) is 37.4 Å². The minimum absolute atomic E-state index is 0.0303. The van der Waals surface area contributed by atoms with Crippen LogP contribution in [0.1, 0.15) is 58.9 Å². The summed E-state index contributed by atoms with van der Waals surface area (Å²) in [6.07, 6.45) is 1.82. The second-order valence-corrected chi connectivity index (χ2v) is 11.4. The Morgan fingerprint density at radius 1 is 1.11 bits per heavy atom. The first kappa shape index (κ1) is 34.5. The van der Waals surface area contributed by atoms with Crippen LogP contribution in [-0.2, 0) is 11.3 Å². The van der Waals surface area contributed by atoms with E-state index in [0.717, 1.165) is 48.2 Å². The molecule has 5 N–H and O–H groups in total. The molecule has 248 valence electrons. The molecule has 2 aliphatic heterocycles. The molecular weight excluding hydrogens is 608 g/mol. The summed E-state index contributed by atoms with van der Waals surface area (Å²) in [4.78, 5) is 29.6. The number of methoxy groups -OCH3 is 1. The Balaban J connectivity index is 0.000000305. The van der Waals surface area contributed by atoms with E-state index in [1.165, 1.54) is 58.0 Å². The molecule has 2 aliphatic rings. The largest absolute Gasteiger partial charge is 0.495 e. The number of aromatic nitrogens is 2. The number of likely N-dealkylation sites (tertiary alicyclic amines) is 1. The number of anilines is 1. The number of carbonyl (C=O) groups is 2. The highest BCUT2D eigenvalue weighted by Gasteiger charge is 2.29. The van der Waals surface area contributed by atoms with E-state index < -0.39 is 30.4 Å². The summed E-state index contributed by atoms with van der Waals surface area (Å²) in [5.74, 6) is 3.82. The van der Waals surface area contributed by atoms with Gasteiger partial charge in [0.2, 0.25) is 0 Å². The molecule has 2 amide bonds. The molecule has 14 heteroatoms. The third kappa shape index (κ3) is 9.11. The predicted octanol–water partition coefficient (Wildman–Crippen LogP) is 4.31. The van der Waals surface area contributed by atoms with Crippen molar-refractivity contribution >= 4 is 28.5 Å². The minimum atomic E-state index is -4.50. The number of hydrogen-bond acceptors (Lipinski definition) is 7. The lowest BCUT2D eigenvalue weighted by Crippen LogP contribution is -2.44. The number of hydrogen-bond donors (Lipinski definition) is 3. The fraction of sp³-hybridized carbons (Fsp3) is 0.469. The lowest BCUT2D eigenvalue weighted by molar-refractivity contribution is -0.140. The van der Waals surface area contributed by atoms with Crippen molar-refractivity contribution in [2.24, 2.45) is 17.4 Å². The fourth-order valence-electron chi connectivity index (χ4n) is 5.69. The van der Waals surface area contributed by atoms with E-state index in [2.05, 4.69) is 34.0 Å². The molecule has 1 unspecified atom stereocenters. The Morgan fingerprint density at radius 2 is 1.83 bits per heavy atom. The van der Waals surface area contributed by atoms with Crippen molar-refractivity contribution in [1.29, 1.82) is 0 Å². The Labute approximate surface area is 264 Å². The normalized spacial score (nSPS) is 17.4. The third-order valence-electron chi connectivity index (χ3n) is 7.89. The molecule has 0 radical (unpaired) electrons. The molecule has 0 aliphatic carbocycles. The lowest BCUT2D eigenvalue weighted by Gasteiger charge is -2.39. The summed E-state index contributed by atoms with van der Waals surface area (Å²) >= 11 is 0. The summed E-state index contributed by atoms with van der Waals surface area (Å²) in [6, 6.07) is 5.67. The van der Waals surface area contributed by atoms with Crippen molar-refractivity contribution in [2.75, 3.05) is 45.3 Å². The zero-order valence-corrected chi connectivity index (χ0v) is 25.8. The maximum Gasteiger partial charge on any atom is 0.406 e. The van der Waals surface area contributed by atoms with E-state index in [0.29, 0.717) is 0 Å². The first-order valence-electron chi connectivity index (χ1n) is 14.9. The van der Waals surface area contributed by atoms with Crippen LogP contribution in [0.15, 0.2) is 30.6 Å². The second kappa shape index (κ2) is 15.3. The van der Waals surface area contributed by atoms with Crippen LogP contribution in [0.2, 0.25) is 0 Å². The number of alkyl halides is 3. The average Bonchev–Trinajstić information content (AvgIpc) is 3.40. The van der Waals surface area contributed by atoms with E-state index in [1.54, 1.807) is 0 Å². The van der Waals surface area contributed by atoms with Crippen LogP contribution >= 0.6 is 0 Å². The number of nitrogens with zero attached hydrogens (tertiary/aromatic N) is 3. The van der Waals surface area contributed by atoms with Gasteiger partial charge < -0.3 is 30.8 Å². The maximum atomic E-state index is 14.0. The Kier molecular flexibility index (Phi) is 11.5. The number of amides is 2. The van der Waals surface area contributed by atoms with Crippen molar-refractivity contribution in [1.82, 2.24) is 14.5 Å². The molecule has 10 nitrogen and oxygen atoms in total. The van der Waals surface area contributed by atoms with Crippen molar-refractivity contribution in [3.63, 3.8) is 0 Å². The number of ether oxygens (including phenoxy) is 2. The van der Waals surface area contributed by atoms with Crippen molar-refractivity contribution in [2.45, 2.75) is 51.4 Å². The van der Waals surface area contributed by atoms with Gasteiger partial charge in [-0.25, -0.2) is 9.37 Å². The molecule has 2 fully saturated rings. The number of carbonyl (C=O) groups excluding carboxylic acids is 2. The smallest absolute Gasteiger partial charge is 0.406 e. The Hall–Kier alpha value is -4.35. The van der Waals surface area contributed by atoms with Crippen LogP contribution in [0.5, 0.6) is 5.75 Å². The topological polar surface area (TPSA) is 138 Å². The monoisotopic (exact) mass is 646 g/mol. The van der Waals surface area contributed by atoms with Crippen LogP contribution in [0.25, 0.3) is 11.0 Å². The van der Waals surface area contributed by atoms with Gasteiger partial charge in [0.1, 0.15) is 23.6 Å². The van der Waals surface area contributed by atoms with E-state index in [-0.39, 0.29) is 45.7 Å². The standard InChI is InChI=1S/C21H17F4N5O3.C11H21NO/c1-33-17-7-12(19(26)31)14(22)8-15(17)28-4-2-3-11-5-13(20(27)32)18-16(6-11)30(10-29-18)9-21(23,24)25;1-10-3-2-6-12(9-10)11-4-7-13-8-5-11/h5-8,10,28H,4,9H2,1H3,(H2,26,31)(H2,27,32);10-11H,2-9H2,1H3. The summed E-state index contributed by atoms with van der Waals surface area (Å²) in [6.45, 7) is 5.67. The highest BCUT2D eigenvalue weighted by Crippen LogP contribution is 2.28. The molecule has 5 rings (SSSR count). The van der Waals surface area contributed by atoms with Gasteiger partial charge in [-0.3, -0.25) is 14.5 Å². The number of imidazole rings is 1. The van der Waals surface area contributed by atoms with Gasteiger partial charge in [-0.1, -0.05) is 18.8 Å². The first-order chi connectivity index (χ1) is 21.9. The minimum Gasteiger partial charge on any atom is -0.495 e. The number of fused-ring (bicyclic) bond motifs is 1. The molecule has 1 aromatic heterocycles.